The Hall–Kier alpha value is -1.58. The minimum Gasteiger partial charge on any atom is -0.397 e. The van der Waals surface area contributed by atoms with Gasteiger partial charge in [0.15, 0.2) is 0 Å². The lowest BCUT2D eigenvalue weighted by atomic mass is 9.88. The van der Waals surface area contributed by atoms with Crippen LogP contribution in [-0.4, -0.2) is 29.4 Å². The zero-order chi connectivity index (χ0) is 13.4. The third kappa shape index (κ3) is 2.31. The molecule has 3 rings (SSSR count). The van der Waals surface area contributed by atoms with Gasteiger partial charge in [-0.05, 0) is 43.1 Å². The number of carbonyl (C=O) groups excluding carboxylic acids is 1. The van der Waals surface area contributed by atoms with E-state index in [0.29, 0.717) is 17.2 Å². The summed E-state index contributed by atoms with van der Waals surface area (Å²) in [5.41, 5.74) is 6.85. The molecule has 0 radical (unpaired) electrons. The molecule has 2 aliphatic rings. The lowest BCUT2D eigenvalue weighted by Crippen LogP contribution is -2.34. The van der Waals surface area contributed by atoms with Crippen molar-refractivity contribution in [3.63, 3.8) is 0 Å². The Kier molecular flexibility index (Phi) is 3.17. The molecule has 1 heterocycles. The lowest BCUT2D eigenvalue weighted by Gasteiger charge is -2.27. The third-order valence-electron chi connectivity index (χ3n) is 4.82. The van der Waals surface area contributed by atoms with E-state index in [1.54, 1.807) is 18.5 Å². The number of rotatable bonds is 3. The van der Waals surface area contributed by atoms with Gasteiger partial charge in [-0.3, -0.25) is 9.78 Å². The first kappa shape index (κ1) is 12.5. The molecule has 3 unspecified atom stereocenters. The molecule has 2 N–H and O–H groups in total. The summed E-state index contributed by atoms with van der Waals surface area (Å²) in [6.07, 6.45) is 8.59. The minimum atomic E-state index is 0.0164. The van der Waals surface area contributed by atoms with Gasteiger partial charge in [0.05, 0.1) is 17.4 Å². The Bertz CT molecular complexity index is 488. The van der Waals surface area contributed by atoms with Crippen LogP contribution in [0.3, 0.4) is 0 Å². The van der Waals surface area contributed by atoms with Gasteiger partial charge in [0.25, 0.3) is 5.91 Å². The maximum absolute atomic E-state index is 12.4. The molecule has 4 heteroatoms. The zero-order valence-corrected chi connectivity index (χ0v) is 11.4. The van der Waals surface area contributed by atoms with Gasteiger partial charge in [-0.1, -0.05) is 6.42 Å². The molecule has 2 bridgehead atoms. The molecule has 19 heavy (non-hydrogen) atoms. The Morgan fingerprint density at radius 1 is 1.47 bits per heavy atom. The average molecular weight is 259 g/mol. The fraction of sp³-hybridized carbons (Fsp3) is 0.600. The van der Waals surface area contributed by atoms with Crippen LogP contribution in [0.15, 0.2) is 18.5 Å². The number of nitrogens with two attached hydrogens (primary N) is 1. The number of carbonyl (C=O) groups is 1. The van der Waals surface area contributed by atoms with Crippen molar-refractivity contribution >= 4 is 11.6 Å². The second kappa shape index (κ2) is 4.83. The Labute approximate surface area is 114 Å². The molecular formula is C15H21N3O. The van der Waals surface area contributed by atoms with Crippen LogP contribution in [0, 0.1) is 17.8 Å². The second-order valence-electron chi connectivity index (χ2n) is 6.08. The molecular weight excluding hydrogens is 238 g/mol. The average Bonchev–Trinajstić information content (AvgIpc) is 3.00. The minimum absolute atomic E-state index is 0.0164. The molecule has 1 aromatic rings. The molecule has 0 aromatic carbocycles. The number of nitrogens with zero attached hydrogens (tertiary/aromatic N) is 2. The molecule has 4 nitrogen and oxygen atoms in total. The lowest BCUT2D eigenvalue weighted by molar-refractivity contribution is 0.0755. The van der Waals surface area contributed by atoms with Crippen molar-refractivity contribution < 1.29 is 4.79 Å². The van der Waals surface area contributed by atoms with Crippen molar-refractivity contribution in [2.75, 3.05) is 19.3 Å². The largest absolute Gasteiger partial charge is 0.397 e. The van der Waals surface area contributed by atoms with Crippen LogP contribution in [0.5, 0.6) is 0 Å². The van der Waals surface area contributed by atoms with E-state index in [0.717, 1.165) is 18.4 Å². The highest BCUT2D eigenvalue weighted by molar-refractivity contribution is 5.98. The predicted octanol–water partition coefficient (Wildman–Crippen LogP) is 2.17. The number of fused-ring (bicyclic) bond motifs is 2. The fourth-order valence-corrected chi connectivity index (χ4v) is 3.84. The first-order chi connectivity index (χ1) is 9.15. The van der Waals surface area contributed by atoms with Crippen LogP contribution in [0.1, 0.15) is 36.0 Å². The van der Waals surface area contributed by atoms with Gasteiger partial charge in [-0.15, -0.1) is 0 Å². The topological polar surface area (TPSA) is 59.2 Å². The maximum Gasteiger partial charge on any atom is 0.255 e. The van der Waals surface area contributed by atoms with Crippen LogP contribution < -0.4 is 5.73 Å². The smallest absolute Gasteiger partial charge is 0.255 e. The summed E-state index contributed by atoms with van der Waals surface area (Å²) < 4.78 is 0. The molecule has 0 saturated heterocycles. The standard InChI is InChI=1S/C15H21N3O/c1-18(9-12-7-10-2-3-11(12)6-10)15(19)13-4-5-17-8-14(13)16/h4-5,8,10-12H,2-3,6-7,9,16H2,1H3. The van der Waals surface area contributed by atoms with Gasteiger partial charge in [0.1, 0.15) is 0 Å². The van der Waals surface area contributed by atoms with E-state index in [-0.39, 0.29) is 5.91 Å². The van der Waals surface area contributed by atoms with Gasteiger partial charge in [0, 0.05) is 19.8 Å². The molecule has 0 spiro atoms. The predicted molar refractivity (Wildman–Crippen MR) is 74.5 cm³/mol. The fourth-order valence-electron chi connectivity index (χ4n) is 3.84. The highest BCUT2D eigenvalue weighted by Gasteiger charge is 2.40. The zero-order valence-electron chi connectivity index (χ0n) is 11.4. The van der Waals surface area contributed by atoms with E-state index >= 15 is 0 Å². The number of hydrogen-bond donors (Lipinski definition) is 1. The van der Waals surface area contributed by atoms with Crippen LogP contribution in [-0.2, 0) is 0 Å². The molecule has 1 amide bonds. The molecule has 102 valence electrons. The van der Waals surface area contributed by atoms with Gasteiger partial charge in [-0.2, -0.15) is 0 Å². The van der Waals surface area contributed by atoms with Gasteiger partial charge in [-0.25, -0.2) is 0 Å². The summed E-state index contributed by atoms with van der Waals surface area (Å²) in [6.45, 7) is 0.863. The quantitative estimate of drug-likeness (QED) is 0.905. The van der Waals surface area contributed by atoms with Crippen molar-refractivity contribution in [1.29, 1.82) is 0 Å². The number of anilines is 1. The number of pyridine rings is 1. The number of amides is 1. The number of hydrogen-bond acceptors (Lipinski definition) is 3. The summed E-state index contributed by atoms with van der Waals surface area (Å²) in [7, 11) is 1.88. The second-order valence-corrected chi connectivity index (χ2v) is 6.08. The highest BCUT2D eigenvalue weighted by Crippen LogP contribution is 2.48. The SMILES string of the molecule is CN(CC1CC2CCC1C2)C(=O)c1ccncc1N. The van der Waals surface area contributed by atoms with Crippen LogP contribution in [0.4, 0.5) is 5.69 Å². The monoisotopic (exact) mass is 259 g/mol. The summed E-state index contributed by atoms with van der Waals surface area (Å²) in [4.78, 5) is 18.1. The molecule has 2 saturated carbocycles. The van der Waals surface area contributed by atoms with E-state index < -0.39 is 0 Å². The van der Waals surface area contributed by atoms with Crippen LogP contribution in [0.2, 0.25) is 0 Å². The van der Waals surface area contributed by atoms with Gasteiger partial charge >= 0.3 is 0 Å². The summed E-state index contributed by atoms with van der Waals surface area (Å²) >= 11 is 0. The highest BCUT2D eigenvalue weighted by atomic mass is 16.2. The van der Waals surface area contributed by atoms with E-state index in [1.807, 2.05) is 11.9 Å². The van der Waals surface area contributed by atoms with Crippen molar-refractivity contribution in [2.45, 2.75) is 25.7 Å². The number of nitrogen functional groups attached to an aromatic ring is 1. The first-order valence-electron chi connectivity index (χ1n) is 7.10. The van der Waals surface area contributed by atoms with Crippen LogP contribution >= 0.6 is 0 Å². The summed E-state index contributed by atoms with van der Waals surface area (Å²) in [5, 5.41) is 0. The van der Waals surface area contributed by atoms with Crippen LogP contribution in [0.25, 0.3) is 0 Å². The van der Waals surface area contributed by atoms with Gasteiger partial charge in [0.2, 0.25) is 0 Å². The van der Waals surface area contributed by atoms with E-state index in [2.05, 4.69) is 4.98 Å². The molecule has 2 aliphatic carbocycles. The van der Waals surface area contributed by atoms with Gasteiger partial charge < -0.3 is 10.6 Å². The summed E-state index contributed by atoms with van der Waals surface area (Å²) in [6, 6.07) is 1.70. The van der Waals surface area contributed by atoms with Crippen molar-refractivity contribution in [3.05, 3.63) is 24.0 Å². The number of aromatic nitrogens is 1. The van der Waals surface area contributed by atoms with Crippen molar-refractivity contribution in [1.82, 2.24) is 9.88 Å². The Balaban J connectivity index is 1.66. The van der Waals surface area contributed by atoms with E-state index in [4.69, 9.17) is 5.73 Å². The van der Waals surface area contributed by atoms with Crippen molar-refractivity contribution in [2.24, 2.45) is 17.8 Å². The first-order valence-corrected chi connectivity index (χ1v) is 7.10. The summed E-state index contributed by atoms with van der Waals surface area (Å²) in [5.74, 6) is 2.47. The normalized spacial score (nSPS) is 28.6. The maximum atomic E-state index is 12.4. The van der Waals surface area contributed by atoms with E-state index in [1.165, 1.54) is 25.7 Å². The molecule has 0 aliphatic heterocycles. The molecule has 1 aromatic heterocycles. The van der Waals surface area contributed by atoms with Crippen molar-refractivity contribution in [3.8, 4) is 0 Å². The molecule has 2 fully saturated rings. The Morgan fingerprint density at radius 3 is 2.95 bits per heavy atom. The van der Waals surface area contributed by atoms with E-state index in [9.17, 15) is 4.79 Å². The third-order valence-corrected chi connectivity index (χ3v) is 4.82. The molecule has 3 atom stereocenters. The Morgan fingerprint density at radius 2 is 2.32 bits per heavy atom.